The van der Waals surface area contributed by atoms with Gasteiger partial charge < -0.3 is 0 Å². The third-order valence-electron chi connectivity index (χ3n) is 4.91. The zero-order valence-electron chi connectivity index (χ0n) is 15.5. The Balaban J connectivity index is 1.91. The van der Waals surface area contributed by atoms with Crippen LogP contribution in [0, 0.1) is 0 Å². The first-order chi connectivity index (χ1) is 13.8. The van der Waals surface area contributed by atoms with E-state index in [0.29, 0.717) is 0 Å². The number of benzene rings is 4. The molecule has 0 heterocycles. The summed E-state index contributed by atoms with van der Waals surface area (Å²) in [7, 11) is 0. The van der Waals surface area contributed by atoms with Crippen molar-refractivity contribution >= 4 is 19.4 Å². The Labute approximate surface area is 172 Å². The van der Waals surface area contributed by atoms with Crippen LogP contribution in [0.5, 0.6) is 0 Å². The number of hydrogen-bond donors (Lipinski definition) is 1. The van der Waals surface area contributed by atoms with Gasteiger partial charge in [-0.1, -0.05) is 0 Å². The molecular formula is C26H22OSe. The van der Waals surface area contributed by atoms with Crippen LogP contribution in [0.1, 0.15) is 21.5 Å². The second-order valence-corrected chi connectivity index (χ2v) is 9.19. The Hall–Kier alpha value is -2.64. The molecule has 0 aliphatic carbocycles. The molecule has 0 aliphatic rings. The van der Waals surface area contributed by atoms with Crippen molar-refractivity contribution in [3.8, 4) is 0 Å². The average molecular weight is 429 g/mol. The summed E-state index contributed by atoms with van der Waals surface area (Å²) in [5.41, 5.74) is 1.89. The van der Waals surface area contributed by atoms with Crippen molar-refractivity contribution in [1.29, 1.82) is 0 Å². The molecule has 0 saturated heterocycles. The van der Waals surface area contributed by atoms with Crippen LogP contribution < -0.4 is 4.46 Å². The molecule has 1 N–H and O–H groups in total. The summed E-state index contributed by atoms with van der Waals surface area (Å²) in [5.74, 6) is 0. The molecule has 0 fully saturated rings. The maximum atomic E-state index is 12.3. The standard InChI is InChI=1S/C26H22OSe/c27-26(22-15-7-2-8-16-22,23-17-9-3-10-18-23)25(21-13-5-1-6-14-21)28-24-19-11-4-12-20-24/h1-20,25,27H/t25-/m1/s1. The summed E-state index contributed by atoms with van der Waals surface area (Å²) < 4.78 is 1.27. The van der Waals surface area contributed by atoms with Gasteiger partial charge in [0.25, 0.3) is 0 Å². The summed E-state index contributed by atoms with van der Waals surface area (Å²) in [5, 5.41) is 12.3. The van der Waals surface area contributed by atoms with E-state index in [4.69, 9.17) is 0 Å². The first-order valence-electron chi connectivity index (χ1n) is 9.38. The topological polar surface area (TPSA) is 20.2 Å². The van der Waals surface area contributed by atoms with Gasteiger partial charge in [-0.3, -0.25) is 0 Å². The Morgan fingerprint density at radius 2 is 0.929 bits per heavy atom. The van der Waals surface area contributed by atoms with Crippen LogP contribution in [-0.4, -0.2) is 20.1 Å². The van der Waals surface area contributed by atoms with Gasteiger partial charge >= 0.3 is 173 Å². The van der Waals surface area contributed by atoms with E-state index in [2.05, 4.69) is 48.5 Å². The van der Waals surface area contributed by atoms with Crippen LogP contribution in [0.2, 0.25) is 0 Å². The van der Waals surface area contributed by atoms with Crippen LogP contribution >= 0.6 is 0 Å². The molecule has 0 amide bonds. The monoisotopic (exact) mass is 430 g/mol. The summed E-state index contributed by atoms with van der Waals surface area (Å²) in [6.07, 6.45) is 0. The maximum absolute atomic E-state index is 12.3. The average Bonchev–Trinajstić information content (AvgIpc) is 2.79. The van der Waals surface area contributed by atoms with E-state index in [0.717, 1.165) is 16.7 Å². The molecule has 0 bridgehead atoms. The number of hydrogen-bond acceptors (Lipinski definition) is 1. The molecule has 138 valence electrons. The van der Waals surface area contributed by atoms with Crippen LogP contribution in [0.15, 0.2) is 121 Å². The molecule has 4 rings (SSSR count). The summed E-state index contributed by atoms with van der Waals surface area (Å²) in [4.78, 5) is -0.0617. The van der Waals surface area contributed by atoms with Gasteiger partial charge in [-0.25, -0.2) is 0 Å². The molecule has 1 nitrogen and oxygen atoms in total. The Bertz CT molecular complexity index is 946. The summed E-state index contributed by atoms with van der Waals surface area (Å²) in [6.45, 7) is 0. The van der Waals surface area contributed by atoms with Crippen molar-refractivity contribution in [3.05, 3.63) is 138 Å². The first-order valence-corrected chi connectivity index (χ1v) is 11.2. The Kier molecular flexibility index (Phi) is 5.73. The van der Waals surface area contributed by atoms with Gasteiger partial charge in [0.15, 0.2) is 0 Å². The molecule has 0 radical (unpaired) electrons. The minimum atomic E-state index is -1.11. The third kappa shape index (κ3) is 3.81. The predicted molar refractivity (Wildman–Crippen MR) is 117 cm³/mol. The second-order valence-electron chi connectivity index (χ2n) is 6.72. The van der Waals surface area contributed by atoms with Crippen molar-refractivity contribution in [3.63, 3.8) is 0 Å². The SMILES string of the molecule is OC(c1ccccc1)(c1ccccc1)[C@H]([Se]c1ccccc1)c1ccccc1. The fourth-order valence-corrected chi connectivity index (χ4v) is 6.29. The predicted octanol–water partition coefficient (Wildman–Crippen LogP) is 4.69. The van der Waals surface area contributed by atoms with Crippen LogP contribution in [0.4, 0.5) is 0 Å². The number of rotatable bonds is 6. The molecule has 4 aromatic rings. The fourth-order valence-electron chi connectivity index (χ4n) is 3.51. The van der Waals surface area contributed by atoms with Crippen molar-refractivity contribution in [1.82, 2.24) is 0 Å². The molecule has 1 atom stereocenters. The van der Waals surface area contributed by atoms with Crippen molar-refractivity contribution < 1.29 is 5.11 Å². The van der Waals surface area contributed by atoms with E-state index < -0.39 is 5.60 Å². The minimum absolute atomic E-state index is 0.0308. The fraction of sp³-hybridized carbons (Fsp3) is 0.0769. The molecule has 28 heavy (non-hydrogen) atoms. The molecule has 0 aliphatic heterocycles. The Morgan fingerprint density at radius 3 is 1.39 bits per heavy atom. The van der Waals surface area contributed by atoms with Crippen LogP contribution in [0.3, 0.4) is 0 Å². The third-order valence-corrected chi connectivity index (χ3v) is 7.83. The molecule has 0 spiro atoms. The molecule has 2 heteroatoms. The molecular weight excluding hydrogens is 407 g/mol. The summed E-state index contributed by atoms with van der Waals surface area (Å²) in [6, 6.07) is 41.0. The van der Waals surface area contributed by atoms with Gasteiger partial charge in [0.2, 0.25) is 0 Å². The molecule has 4 aromatic carbocycles. The molecule has 0 unspecified atom stereocenters. The van der Waals surface area contributed by atoms with E-state index in [1.807, 2.05) is 72.8 Å². The van der Waals surface area contributed by atoms with Gasteiger partial charge in [0.1, 0.15) is 0 Å². The van der Waals surface area contributed by atoms with E-state index in [1.54, 1.807) is 0 Å². The molecule has 0 saturated carbocycles. The van der Waals surface area contributed by atoms with Gasteiger partial charge in [0, 0.05) is 0 Å². The zero-order valence-corrected chi connectivity index (χ0v) is 17.2. The van der Waals surface area contributed by atoms with E-state index in [9.17, 15) is 5.11 Å². The van der Waals surface area contributed by atoms with Gasteiger partial charge in [-0.2, -0.15) is 0 Å². The van der Waals surface area contributed by atoms with E-state index in [-0.39, 0.29) is 19.8 Å². The van der Waals surface area contributed by atoms with Crippen molar-refractivity contribution in [2.24, 2.45) is 0 Å². The Morgan fingerprint density at radius 1 is 0.536 bits per heavy atom. The second kappa shape index (κ2) is 8.58. The van der Waals surface area contributed by atoms with Crippen molar-refractivity contribution in [2.75, 3.05) is 0 Å². The van der Waals surface area contributed by atoms with Crippen LogP contribution in [-0.2, 0) is 5.60 Å². The van der Waals surface area contributed by atoms with Gasteiger partial charge in [0.05, 0.1) is 0 Å². The van der Waals surface area contributed by atoms with Gasteiger partial charge in [-0.15, -0.1) is 0 Å². The normalized spacial score (nSPS) is 12.5. The quantitative estimate of drug-likeness (QED) is 0.441. The van der Waals surface area contributed by atoms with E-state index in [1.165, 1.54) is 4.46 Å². The number of aliphatic hydroxyl groups is 1. The zero-order chi connectivity index (χ0) is 19.2. The van der Waals surface area contributed by atoms with Crippen molar-refractivity contribution in [2.45, 2.75) is 10.4 Å². The summed E-state index contributed by atoms with van der Waals surface area (Å²) >= 11 is 0.0308. The molecule has 0 aromatic heterocycles. The first kappa shape index (κ1) is 18.7. The van der Waals surface area contributed by atoms with Gasteiger partial charge in [-0.05, 0) is 0 Å². The van der Waals surface area contributed by atoms with Crippen LogP contribution in [0.25, 0.3) is 0 Å². The van der Waals surface area contributed by atoms with E-state index >= 15 is 0 Å².